The zero-order chi connectivity index (χ0) is 28.2. The average molecular weight is 546 g/mol. The fourth-order valence-electron chi connectivity index (χ4n) is 6.34. The Morgan fingerprint density at radius 3 is 1.21 bits per heavy atom. The SMILES string of the molecule is CCCCCCCCCCCCCCCCCC(C)c1[nH]cc[n+]1C(C)CCCCCCCCCCCCC. The maximum absolute atomic E-state index is 3.59. The molecule has 2 heteroatoms. The Labute approximate surface area is 246 Å². The molecule has 1 N–H and O–H groups in total. The molecule has 0 fully saturated rings. The molecule has 1 aromatic heterocycles. The highest BCUT2D eigenvalue weighted by Crippen LogP contribution is 2.21. The third kappa shape index (κ3) is 20.7. The van der Waals surface area contributed by atoms with Crippen LogP contribution in [0.15, 0.2) is 12.4 Å². The number of aromatic nitrogens is 2. The Morgan fingerprint density at radius 1 is 0.487 bits per heavy atom. The second kappa shape index (κ2) is 27.4. The van der Waals surface area contributed by atoms with E-state index < -0.39 is 0 Å². The Hall–Kier alpha value is -0.790. The third-order valence-corrected chi connectivity index (χ3v) is 9.15. The number of hydrogen-bond donors (Lipinski definition) is 1. The number of hydrogen-bond acceptors (Lipinski definition) is 0. The summed E-state index contributed by atoms with van der Waals surface area (Å²) < 4.78 is 2.55. The van der Waals surface area contributed by atoms with E-state index in [9.17, 15) is 0 Å². The van der Waals surface area contributed by atoms with E-state index in [0.717, 1.165) is 0 Å². The van der Waals surface area contributed by atoms with Crippen LogP contribution in [0.4, 0.5) is 0 Å². The van der Waals surface area contributed by atoms with Crippen molar-refractivity contribution in [2.45, 2.75) is 219 Å². The highest BCUT2D eigenvalue weighted by molar-refractivity contribution is 4.87. The second-order valence-corrected chi connectivity index (χ2v) is 13.1. The van der Waals surface area contributed by atoms with Crippen LogP contribution in [0.1, 0.15) is 225 Å². The molecule has 0 bridgehead atoms. The van der Waals surface area contributed by atoms with Gasteiger partial charge in [0.2, 0.25) is 0 Å². The van der Waals surface area contributed by atoms with Crippen molar-refractivity contribution in [3.8, 4) is 0 Å². The first-order valence-electron chi connectivity index (χ1n) is 18.3. The molecule has 0 spiro atoms. The highest BCUT2D eigenvalue weighted by atomic mass is 15.1. The fourth-order valence-corrected chi connectivity index (χ4v) is 6.34. The molecule has 0 saturated heterocycles. The van der Waals surface area contributed by atoms with Crippen LogP contribution in [-0.2, 0) is 0 Å². The van der Waals surface area contributed by atoms with Crippen LogP contribution in [0, 0.1) is 0 Å². The van der Waals surface area contributed by atoms with Crippen LogP contribution in [0.5, 0.6) is 0 Å². The number of imidazole rings is 1. The summed E-state index contributed by atoms with van der Waals surface area (Å²) in [6.07, 6.45) is 44.5. The van der Waals surface area contributed by atoms with Crippen LogP contribution in [-0.4, -0.2) is 4.98 Å². The van der Waals surface area contributed by atoms with Crippen molar-refractivity contribution in [2.24, 2.45) is 0 Å². The van der Waals surface area contributed by atoms with Gasteiger partial charge in [-0.2, -0.15) is 0 Å². The van der Waals surface area contributed by atoms with Gasteiger partial charge in [0, 0.05) is 0 Å². The molecule has 2 atom stereocenters. The van der Waals surface area contributed by atoms with Gasteiger partial charge in [-0.25, -0.2) is 9.55 Å². The van der Waals surface area contributed by atoms with Crippen LogP contribution in [0.3, 0.4) is 0 Å². The maximum Gasteiger partial charge on any atom is 0.257 e. The molecule has 1 aromatic rings. The van der Waals surface area contributed by atoms with E-state index in [1.54, 1.807) is 0 Å². The molecule has 0 amide bonds. The molecule has 1 rings (SSSR count). The number of rotatable bonds is 30. The van der Waals surface area contributed by atoms with E-state index >= 15 is 0 Å². The highest BCUT2D eigenvalue weighted by Gasteiger charge is 2.22. The molecule has 0 saturated carbocycles. The lowest BCUT2D eigenvalue weighted by atomic mass is 9.99. The number of nitrogens with one attached hydrogen (secondary N) is 1. The van der Waals surface area contributed by atoms with Gasteiger partial charge in [0.05, 0.1) is 12.0 Å². The summed E-state index contributed by atoms with van der Waals surface area (Å²) in [6.45, 7) is 9.47. The molecule has 2 nitrogen and oxygen atoms in total. The lowest BCUT2D eigenvalue weighted by Crippen LogP contribution is -2.40. The minimum absolute atomic E-state index is 0.619. The maximum atomic E-state index is 3.59. The normalized spacial score (nSPS) is 13.2. The van der Waals surface area contributed by atoms with Gasteiger partial charge in [0.25, 0.3) is 5.82 Å². The van der Waals surface area contributed by atoms with Crippen LogP contribution < -0.4 is 4.57 Å². The summed E-state index contributed by atoms with van der Waals surface area (Å²) in [5.41, 5.74) is 0. The average Bonchev–Trinajstić information content (AvgIpc) is 3.44. The fraction of sp³-hybridized carbons (Fsp3) is 0.919. The smallest absolute Gasteiger partial charge is 0.247 e. The standard InChI is InChI=1S/C37H72N2/c1-5-7-9-11-13-15-17-18-19-20-22-23-25-27-29-31-35(3)37-38-33-34-39(37)36(4)32-30-28-26-24-21-16-14-12-10-8-6-2/h33-36H,5-32H2,1-4H3/p+1. The third-order valence-electron chi connectivity index (χ3n) is 9.15. The predicted octanol–water partition coefficient (Wildman–Crippen LogP) is 12.9. The molecule has 0 aliphatic heterocycles. The second-order valence-electron chi connectivity index (χ2n) is 13.1. The van der Waals surface area contributed by atoms with Crippen molar-refractivity contribution in [3.05, 3.63) is 18.2 Å². The Balaban J connectivity index is 2.00. The molecule has 2 unspecified atom stereocenters. The molecule has 230 valence electrons. The summed E-state index contributed by atoms with van der Waals surface area (Å²) in [4.78, 5) is 3.59. The van der Waals surface area contributed by atoms with E-state index in [1.807, 2.05) is 0 Å². The minimum Gasteiger partial charge on any atom is -0.247 e. The van der Waals surface area contributed by atoms with Crippen molar-refractivity contribution in [3.63, 3.8) is 0 Å². The van der Waals surface area contributed by atoms with Gasteiger partial charge >= 0.3 is 0 Å². The first-order valence-corrected chi connectivity index (χ1v) is 18.3. The molecule has 0 aliphatic rings. The molecule has 39 heavy (non-hydrogen) atoms. The molecular formula is C37H73N2+. The lowest BCUT2D eigenvalue weighted by Gasteiger charge is -2.14. The largest absolute Gasteiger partial charge is 0.257 e. The van der Waals surface area contributed by atoms with Crippen molar-refractivity contribution in [2.75, 3.05) is 0 Å². The quantitative estimate of drug-likeness (QED) is 0.0732. The lowest BCUT2D eigenvalue weighted by molar-refractivity contribution is -0.727. The summed E-state index contributed by atoms with van der Waals surface area (Å²) in [6, 6.07) is 0.619. The van der Waals surface area contributed by atoms with E-state index in [-0.39, 0.29) is 0 Å². The van der Waals surface area contributed by atoms with Gasteiger partial charge in [-0.1, -0.05) is 181 Å². The summed E-state index contributed by atoms with van der Waals surface area (Å²) in [7, 11) is 0. The Bertz CT molecular complexity index is 606. The van der Waals surface area contributed by atoms with Crippen molar-refractivity contribution in [1.82, 2.24) is 4.98 Å². The molecule has 0 aromatic carbocycles. The van der Waals surface area contributed by atoms with Crippen molar-refractivity contribution < 1.29 is 4.57 Å². The molecule has 0 radical (unpaired) electrons. The Morgan fingerprint density at radius 2 is 0.821 bits per heavy atom. The predicted molar refractivity (Wildman–Crippen MR) is 175 cm³/mol. The first kappa shape index (κ1) is 36.2. The van der Waals surface area contributed by atoms with Crippen LogP contribution in [0.2, 0.25) is 0 Å². The zero-order valence-electron chi connectivity index (χ0n) is 27.6. The van der Waals surface area contributed by atoms with Gasteiger partial charge in [0.1, 0.15) is 12.4 Å². The van der Waals surface area contributed by atoms with Crippen molar-refractivity contribution in [1.29, 1.82) is 0 Å². The number of aromatic amines is 1. The van der Waals surface area contributed by atoms with Gasteiger partial charge in [-0.3, -0.25) is 0 Å². The zero-order valence-corrected chi connectivity index (χ0v) is 27.6. The minimum atomic E-state index is 0.619. The number of nitrogens with zero attached hydrogens (tertiary/aromatic N) is 1. The first-order chi connectivity index (χ1) is 19.2. The topological polar surface area (TPSA) is 19.7 Å². The molecule has 1 heterocycles. The van der Waals surface area contributed by atoms with E-state index in [2.05, 4.69) is 49.6 Å². The number of unbranched alkanes of at least 4 members (excludes halogenated alkanes) is 24. The van der Waals surface area contributed by atoms with Gasteiger partial charge in [0.15, 0.2) is 0 Å². The van der Waals surface area contributed by atoms with E-state index in [1.165, 1.54) is 186 Å². The van der Waals surface area contributed by atoms with Gasteiger partial charge in [-0.15, -0.1) is 0 Å². The van der Waals surface area contributed by atoms with Crippen molar-refractivity contribution >= 4 is 0 Å². The monoisotopic (exact) mass is 546 g/mol. The van der Waals surface area contributed by atoms with Gasteiger partial charge in [-0.05, 0) is 26.2 Å². The number of H-pyrrole nitrogens is 1. The molecular weight excluding hydrogens is 472 g/mol. The summed E-state index contributed by atoms with van der Waals surface area (Å²) in [5.74, 6) is 2.10. The van der Waals surface area contributed by atoms with Gasteiger partial charge < -0.3 is 0 Å². The van der Waals surface area contributed by atoms with Crippen LogP contribution >= 0.6 is 0 Å². The van der Waals surface area contributed by atoms with E-state index in [4.69, 9.17) is 0 Å². The summed E-state index contributed by atoms with van der Waals surface area (Å²) >= 11 is 0. The molecule has 0 aliphatic carbocycles. The van der Waals surface area contributed by atoms with E-state index in [0.29, 0.717) is 12.0 Å². The van der Waals surface area contributed by atoms with Crippen LogP contribution in [0.25, 0.3) is 0 Å². The Kier molecular flexibility index (Phi) is 25.4. The summed E-state index contributed by atoms with van der Waals surface area (Å²) in [5, 5.41) is 0.